The molecule has 4 aromatic rings. The van der Waals surface area contributed by atoms with Crippen molar-refractivity contribution in [1.29, 1.82) is 0 Å². The minimum atomic E-state index is -0.222. The summed E-state index contributed by atoms with van der Waals surface area (Å²) >= 11 is 0. The topological polar surface area (TPSA) is 81.6 Å². The summed E-state index contributed by atoms with van der Waals surface area (Å²) < 4.78 is 0. The van der Waals surface area contributed by atoms with Gasteiger partial charge in [0.15, 0.2) is 0 Å². The number of rotatable bonds is 10. The predicted molar refractivity (Wildman–Crippen MR) is 195 cm³/mol. The molecular formula is C39H50N8O. The first-order chi connectivity index (χ1) is 23.2. The smallest absolute Gasteiger partial charge is 0.225 e. The largest absolute Gasteiger partial charge is 0.338 e. The molecular weight excluding hydrogens is 596 g/mol. The molecule has 2 aromatic heterocycles. The van der Waals surface area contributed by atoms with Crippen LogP contribution in [0.25, 0.3) is 22.3 Å². The zero-order valence-corrected chi connectivity index (χ0v) is 29.4. The van der Waals surface area contributed by atoms with Crippen LogP contribution in [0, 0.1) is 0 Å². The van der Waals surface area contributed by atoms with Gasteiger partial charge in [0.25, 0.3) is 0 Å². The highest BCUT2D eigenvalue weighted by molar-refractivity contribution is 5.91. The molecule has 0 saturated carbocycles. The third kappa shape index (κ3) is 7.58. The lowest BCUT2D eigenvalue weighted by molar-refractivity contribution is -0.121. The van der Waals surface area contributed by atoms with Gasteiger partial charge >= 0.3 is 0 Å². The Kier molecular flexibility index (Phi) is 10.5. The van der Waals surface area contributed by atoms with Gasteiger partial charge in [-0.15, -0.1) is 0 Å². The maximum atomic E-state index is 13.6. The molecule has 0 spiro atoms. The molecule has 2 unspecified atom stereocenters. The fourth-order valence-electron chi connectivity index (χ4n) is 6.78. The Bertz CT molecular complexity index is 1500. The molecule has 4 heterocycles. The van der Waals surface area contributed by atoms with Crippen molar-refractivity contribution in [3.8, 4) is 22.3 Å². The minimum absolute atomic E-state index is 0.200. The fraction of sp³-hybridized carbons (Fsp3) is 0.462. The maximum Gasteiger partial charge on any atom is 0.225 e. The van der Waals surface area contributed by atoms with E-state index in [1.54, 1.807) is 0 Å². The van der Waals surface area contributed by atoms with Gasteiger partial charge in [0.1, 0.15) is 5.78 Å². The normalized spacial score (nSPS) is 17.6. The van der Waals surface area contributed by atoms with Crippen molar-refractivity contribution in [2.45, 2.75) is 65.5 Å². The Morgan fingerprint density at radius 3 is 1.08 bits per heavy atom. The number of Topliss-reactive ketones (excluding diaryl/α,β-unsaturated/α-hetero) is 1. The maximum absolute atomic E-state index is 13.6. The van der Waals surface area contributed by atoms with E-state index >= 15 is 0 Å². The van der Waals surface area contributed by atoms with Crippen molar-refractivity contribution in [2.75, 3.05) is 62.2 Å². The van der Waals surface area contributed by atoms with E-state index in [1.807, 2.05) is 38.6 Å². The van der Waals surface area contributed by atoms with Gasteiger partial charge in [-0.05, 0) is 49.9 Å². The number of hydrogen-bond donors (Lipinski definition) is 0. The summed E-state index contributed by atoms with van der Waals surface area (Å²) in [6, 6.07) is 17.6. The highest BCUT2D eigenvalue weighted by Gasteiger charge is 2.24. The van der Waals surface area contributed by atoms with Gasteiger partial charge in [-0.25, -0.2) is 19.9 Å². The van der Waals surface area contributed by atoms with Gasteiger partial charge in [0.2, 0.25) is 11.9 Å². The van der Waals surface area contributed by atoms with Crippen molar-refractivity contribution >= 4 is 17.7 Å². The molecule has 48 heavy (non-hydrogen) atoms. The van der Waals surface area contributed by atoms with Crippen LogP contribution in [0.4, 0.5) is 11.9 Å². The molecule has 0 radical (unpaired) electrons. The number of benzene rings is 2. The third-order valence-electron chi connectivity index (χ3n) is 10.3. The van der Waals surface area contributed by atoms with Crippen molar-refractivity contribution in [2.24, 2.45) is 0 Å². The molecule has 252 valence electrons. The monoisotopic (exact) mass is 646 g/mol. The van der Waals surface area contributed by atoms with E-state index in [0.717, 1.165) is 97.6 Å². The standard InChI is InChI=1S/C39H50N8O/c1-27(2)44-15-19-46(20-16-44)38-40-23-35(24-41-38)33-11-7-31(8-12-33)29(5)37(48)30(6)32-9-13-34(14-10-32)36-25-42-39(43-26-36)47-21-17-45(18-22-47)28(3)4/h7-14,23-30H,15-22H2,1-6H3. The summed E-state index contributed by atoms with van der Waals surface area (Å²) in [5, 5.41) is 0. The number of nitrogens with zero attached hydrogens (tertiary/aromatic N) is 8. The first-order valence-corrected chi connectivity index (χ1v) is 17.5. The van der Waals surface area contributed by atoms with E-state index in [4.69, 9.17) is 0 Å². The molecule has 2 aliphatic rings. The van der Waals surface area contributed by atoms with E-state index in [1.165, 1.54) is 0 Å². The highest BCUT2D eigenvalue weighted by atomic mass is 16.1. The number of piperazine rings is 2. The van der Waals surface area contributed by atoms with Crippen molar-refractivity contribution in [3.63, 3.8) is 0 Å². The lowest BCUT2D eigenvalue weighted by Crippen LogP contribution is -2.49. The van der Waals surface area contributed by atoms with E-state index in [-0.39, 0.29) is 17.6 Å². The molecule has 6 rings (SSSR count). The molecule has 0 N–H and O–H groups in total. The van der Waals surface area contributed by atoms with Crippen molar-refractivity contribution in [3.05, 3.63) is 84.4 Å². The van der Waals surface area contributed by atoms with Crippen LogP contribution < -0.4 is 9.80 Å². The summed E-state index contributed by atoms with van der Waals surface area (Å²) in [4.78, 5) is 41.8. The number of hydrogen-bond acceptors (Lipinski definition) is 9. The van der Waals surface area contributed by atoms with Crippen LogP contribution in [-0.2, 0) is 4.79 Å². The first kappa shape index (κ1) is 33.7. The van der Waals surface area contributed by atoms with Crippen LogP contribution in [0.1, 0.15) is 64.5 Å². The highest BCUT2D eigenvalue weighted by Crippen LogP contribution is 2.30. The number of carbonyl (C=O) groups excluding carboxylic acids is 1. The van der Waals surface area contributed by atoms with Crippen LogP contribution in [0.2, 0.25) is 0 Å². The van der Waals surface area contributed by atoms with Crippen LogP contribution in [0.3, 0.4) is 0 Å². The van der Waals surface area contributed by atoms with Gasteiger partial charge in [-0.2, -0.15) is 0 Å². The molecule has 9 heteroatoms. The Morgan fingerprint density at radius 2 is 0.792 bits per heavy atom. The average Bonchev–Trinajstić information content (AvgIpc) is 3.14. The molecule has 2 aliphatic heterocycles. The molecule has 0 bridgehead atoms. The predicted octanol–water partition coefficient (Wildman–Crippen LogP) is 6.14. The zero-order valence-electron chi connectivity index (χ0n) is 29.4. The van der Waals surface area contributed by atoms with E-state index < -0.39 is 0 Å². The molecule has 0 amide bonds. The Balaban J connectivity index is 1.03. The van der Waals surface area contributed by atoms with Gasteiger partial charge in [-0.1, -0.05) is 62.4 Å². The van der Waals surface area contributed by atoms with E-state index in [9.17, 15) is 4.79 Å². The molecule has 9 nitrogen and oxygen atoms in total. The van der Waals surface area contributed by atoms with Gasteiger partial charge in [0, 0.05) is 112 Å². The van der Waals surface area contributed by atoms with Gasteiger partial charge in [-0.3, -0.25) is 14.6 Å². The van der Waals surface area contributed by atoms with Crippen molar-refractivity contribution in [1.82, 2.24) is 29.7 Å². The summed E-state index contributed by atoms with van der Waals surface area (Å²) in [6.45, 7) is 20.9. The summed E-state index contributed by atoms with van der Waals surface area (Å²) in [5.74, 6) is 1.33. The van der Waals surface area contributed by atoms with Gasteiger partial charge < -0.3 is 9.80 Å². The molecule has 2 atom stereocenters. The molecule has 2 aromatic carbocycles. The second-order valence-corrected chi connectivity index (χ2v) is 13.9. The SMILES string of the molecule is CC(C(=O)C(C)c1ccc(-c2cnc(N3CCN(C(C)C)CC3)nc2)cc1)c1ccc(-c2cnc(N3CCN(C(C)C)CC3)nc2)cc1. The Labute approximate surface area is 286 Å². The summed E-state index contributed by atoms with van der Waals surface area (Å²) in [6.07, 6.45) is 7.62. The molecule has 2 saturated heterocycles. The number of carbonyl (C=O) groups is 1. The average molecular weight is 647 g/mol. The summed E-state index contributed by atoms with van der Waals surface area (Å²) in [7, 11) is 0. The van der Waals surface area contributed by atoms with Gasteiger partial charge in [0.05, 0.1) is 0 Å². The number of anilines is 2. The lowest BCUT2D eigenvalue weighted by atomic mass is 9.85. The molecule has 0 aliphatic carbocycles. The minimum Gasteiger partial charge on any atom is -0.338 e. The Hall–Kier alpha value is -4.21. The third-order valence-corrected chi connectivity index (χ3v) is 10.3. The zero-order chi connectivity index (χ0) is 33.8. The van der Waals surface area contributed by atoms with Crippen LogP contribution in [0.5, 0.6) is 0 Å². The van der Waals surface area contributed by atoms with E-state index in [2.05, 4.69) is 116 Å². The fourth-order valence-corrected chi connectivity index (χ4v) is 6.78. The van der Waals surface area contributed by atoms with Crippen LogP contribution >= 0.6 is 0 Å². The number of ketones is 1. The molecule has 2 fully saturated rings. The first-order valence-electron chi connectivity index (χ1n) is 17.5. The summed E-state index contributed by atoms with van der Waals surface area (Å²) in [5.41, 5.74) is 6.06. The van der Waals surface area contributed by atoms with E-state index in [0.29, 0.717) is 12.1 Å². The van der Waals surface area contributed by atoms with Crippen LogP contribution in [0.15, 0.2) is 73.3 Å². The second-order valence-electron chi connectivity index (χ2n) is 13.9. The number of aromatic nitrogens is 4. The van der Waals surface area contributed by atoms with Crippen LogP contribution in [-0.4, -0.2) is 100.0 Å². The quantitative estimate of drug-likeness (QED) is 0.202. The van der Waals surface area contributed by atoms with Crippen molar-refractivity contribution < 1.29 is 4.79 Å². The second kappa shape index (κ2) is 14.9. The lowest BCUT2D eigenvalue weighted by Gasteiger charge is -2.36. The Morgan fingerprint density at radius 1 is 0.479 bits per heavy atom.